The van der Waals surface area contributed by atoms with Gasteiger partial charge >= 0.3 is 12.0 Å². The molecule has 0 saturated heterocycles. The Labute approximate surface area is 195 Å². The number of carbonyl (C=O) groups excluding carboxylic acids is 1. The zero-order chi connectivity index (χ0) is 23.6. The van der Waals surface area contributed by atoms with Gasteiger partial charge in [-0.25, -0.2) is 18.7 Å². The van der Waals surface area contributed by atoms with Gasteiger partial charge in [-0.1, -0.05) is 12.1 Å². The van der Waals surface area contributed by atoms with Crippen molar-refractivity contribution in [2.45, 2.75) is 20.1 Å². The van der Waals surface area contributed by atoms with Crippen molar-refractivity contribution in [1.29, 1.82) is 0 Å². The average molecular weight is 493 g/mol. The lowest BCUT2D eigenvalue weighted by Crippen LogP contribution is -2.10. The number of anilines is 2. The van der Waals surface area contributed by atoms with Crippen molar-refractivity contribution in [1.82, 2.24) is 19.9 Å². The SMILES string of the molecule is CC(=O)Nc1nc(OCc2cccs2)ncc1F.Nc1nc(OCc2cccs2)ncc1F. The molecule has 1 amide bonds. The number of rotatable bonds is 7. The van der Waals surface area contributed by atoms with Crippen molar-refractivity contribution in [3.8, 4) is 12.0 Å². The monoisotopic (exact) mass is 492 g/mol. The summed E-state index contributed by atoms with van der Waals surface area (Å²) in [5.74, 6) is -2.13. The van der Waals surface area contributed by atoms with Crippen LogP contribution >= 0.6 is 22.7 Å². The molecule has 0 atom stereocenters. The first-order chi connectivity index (χ1) is 15.9. The van der Waals surface area contributed by atoms with Gasteiger partial charge in [-0.15, -0.1) is 22.7 Å². The molecular formula is C20H18F2N6O3S2. The highest BCUT2D eigenvalue weighted by atomic mass is 32.1. The van der Waals surface area contributed by atoms with Crippen LogP contribution in [0, 0.1) is 11.6 Å². The fourth-order valence-corrected chi connectivity index (χ4v) is 3.40. The van der Waals surface area contributed by atoms with Crippen molar-refractivity contribution in [2.24, 2.45) is 0 Å². The van der Waals surface area contributed by atoms with E-state index in [4.69, 9.17) is 15.2 Å². The first-order valence-corrected chi connectivity index (χ1v) is 11.0. The van der Waals surface area contributed by atoms with Gasteiger partial charge in [0.15, 0.2) is 23.3 Å². The third-order valence-electron chi connectivity index (χ3n) is 3.61. The van der Waals surface area contributed by atoms with E-state index in [0.717, 1.165) is 22.1 Å². The second-order valence-corrected chi connectivity index (χ2v) is 8.22. The van der Waals surface area contributed by atoms with Crippen LogP contribution in [0.25, 0.3) is 0 Å². The molecule has 0 unspecified atom stereocenters. The molecule has 172 valence electrons. The van der Waals surface area contributed by atoms with E-state index in [9.17, 15) is 13.6 Å². The van der Waals surface area contributed by atoms with Crippen LogP contribution < -0.4 is 20.5 Å². The number of carbonyl (C=O) groups is 1. The van der Waals surface area contributed by atoms with E-state index in [1.165, 1.54) is 18.3 Å². The summed E-state index contributed by atoms with van der Waals surface area (Å²) < 4.78 is 36.5. The van der Waals surface area contributed by atoms with Crippen LogP contribution in [0.5, 0.6) is 12.0 Å². The molecular weight excluding hydrogens is 474 g/mol. The fraction of sp³-hybridized carbons (Fsp3) is 0.150. The van der Waals surface area contributed by atoms with Crippen molar-refractivity contribution < 1.29 is 23.0 Å². The van der Waals surface area contributed by atoms with Gasteiger partial charge in [-0.2, -0.15) is 9.97 Å². The summed E-state index contributed by atoms with van der Waals surface area (Å²) in [4.78, 5) is 27.7. The highest BCUT2D eigenvalue weighted by molar-refractivity contribution is 7.10. The Bertz CT molecular complexity index is 1180. The number of ether oxygens (including phenoxy) is 2. The summed E-state index contributed by atoms with van der Waals surface area (Å²) in [6, 6.07) is 7.76. The molecule has 3 N–H and O–H groups in total. The quantitative estimate of drug-likeness (QED) is 0.396. The molecule has 13 heteroatoms. The van der Waals surface area contributed by atoms with Crippen LogP contribution in [0.15, 0.2) is 47.4 Å². The number of nitrogens with two attached hydrogens (primary N) is 1. The average Bonchev–Trinajstić information content (AvgIpc) is 3.49. The first kappa shape index (κ1) is 23.9. The van der Waals surface area contributed by atoms with Crippen molar-refractivity contribution in [3.63, 3.8) is 0 Å². The molecule has 4 aromatic heterocycles. The largest absolute Gasteiger partial charge is 0.458 e. The summed E-state index contributed by atoms with van der Waals surface area (Å²) in [5, 5.41) is 6.13. The number of thiophene rings is 2. The molecule has 9 nitrogen and oxygen atoms in total. The highest BCUT2D eigenvalue weighted by Crippen LogP contribution is 2.16. The maximum Gasteiger partial charge on any atom is 0.318 e. The molecule has 4 aromatic rings. The minimum Gasteiger partial charge on any atom is -0.458 e. The second-order valence-electron chi connectivity index (χ2n) is 6.15. The van der Waals surface area contributed by atoms with Gasteiger partial charge in [0.2, 0.25) is 5.91 Å². The van der Waals surface area contributed by atoms with Crippen LogP contribution in [0.2, 0.25) is 0 Å². The topological polar surface area (TPSA) is 125 Å². The van der Waals surface area contributed by atoms with Crippen LogP contribution in [-0.2, 0) is 18.0 Å². The van der Waals surface area contributed by atoms with Gasteiger partial charge < -0.3 is 20.5 Å². The number of nitrogens with one attached hydrogen (secondary N) is 1. The van der Waals surface area contributed by atoms with Crippen LogP contribution in [0.3, 0.4) is 0 Å². The predicted molar refractivity (Wildman–Crippen MR) is 120 cm³/mol. The third-order valence-corrected chi connectivity index (χ3v) is 5.31. The zero-order valence-corrected chi connectivity index (χ0v) is 18.8. The Morgan fingerprint density at radius 3 is 2.00 bits per heavy atom. The molecule has 4 rings (SSSR count). The molecule has 0 aliphatic carbocycles. The Balaban J connectivity index is 0.000000189. The Hall–Kier alpha value is -3.71. The minimum atomic E-state index is -0.700. The zero-order valence-electron chi connectivity index (χ0n) is 17.2. The smallest absolute Gasteiger partial charge is 0.318 e. The number of nitrogens with zero attached hydrogens (tertiary/aromatic N) is 4. The molecule has 0 bridgehead atoms. The molecule has 33 heavy (non-hydrogen) atoms. The van der Waals surface area contributed by atoms with Gasteiger partial charge in [0.1, 0.15) is 13.2 Å². The van der Waals surface area contributed by atoms with Crippen molar-refractivity contribution >= 4 is 40.2 Å². The second kappa shape index (κ2) is 11.8. The standard InChI is InChI=1S/C11H10FN3O2S.C9H8FN3OS/c1-7(16)14-10-9(12)5-13-11(15-10)17-6-8-3-2-4-18-8;10-7-4-12-9(13-8(7)11)14-5-6-2-1-3-15-6/h2-5H,6H2,1H3,(H,13,14,15,16);1-4H,5H2,(H2,11,12,13). The molecule has 0 spiro atoms. The first-order valence-electron chi connectivity index (χ1n) is 9.29. The van der Waals surface area contributed by atoms with Crippen LogP contribution in [-0.4, -0.2) is 25.8 Å². The normalized spacial score (nSPS) is 10.2. The lowest BCUT2D eigenvalue weighted by atomic mass is 10.5. The number of nitrogen functional groups attached to an aromatic ring is 1. The van der Waals surface area contributed by atoms with E-state index in [1.807, 2.05) is 35.0 Å². The van der Waals surface area contributed by atoms with E-state index >= 15 is 0 Å². The van der Waals surface area contributed by atoms with E-state index in [2.05, 4.69) is 25.3 Å². The van der Waals surface area contributed by atoms with Crippen LogP contribution in [0.1, 0.15) is 16.7 Å². The van der Waals surface area contributed by atoms with Crippen molar-refractivity contribution in [3.05, 3.63) is 68.8 Å². The number of amides is 1. The third kappa shape index (κ3) is 7.73. The molecule has 0 aliphatic rings. The summed E-state index contributed by atoms with van der Waals surface area (Å²) >= 11 is 3.10. The molecule has 0 aromatic carbocycles. The van der Waals surface area contributed by atoms with E-state index in [1.54, 1.807) is 11.3 Å². The molecule has 0 saturated carbocycles. The Morgan fingerprint density at radius 1 is 0.970 bits per heavy atom. The van der Waals surface area contributed by atoms with E-state index < -0.39 is 17.5 Å². The predicted octanol–water partition coefficient (Wildman–Crippen LogP) is 4.05. The van der Waals surface area contributed by atoms with Gasteiger partial charge in [-0.05, 0) is 22.9 Å². The number of hydrogen-bond donors (Lipinski definition) is 2. The van der Waals surface area contributed by atoms with Gasteiger partial charge in [0.05, 0.1) is 12.4 Å². The van der Waals surface area contributed by atoms with Gasteiger partial charge in [0, 0.05) is 16.7 Å². The maximum atomic E-state index is 13.3. The van der Waals surface area contributed by atoms with Crippen molar-refractivity contribution in [2.75, 3.05) is 11.1 Å². The molecule has 0 aliphatic heterocycles. The summed E-state index contributed by atoms with van der Waals surface area (Å²) in [5.41, 5.74) is 5.27. The molecule has 4 heterocycles. The highest BCUT2D eigenvalue weighted by Gasteiger charge is 2.09. The summed E-state index contributed by atoms with van der Waals surface area (Å²) in [6.45, 7) is 1.94. The van der Waals surface area contributed by atoms with Gasteiger partial charge in [-0.3, -0.25) is 4.79 Å². The van der Waals surface area contributed by atoms with E-state index in [0.29, 0.717) is 13.2 Å². The van der Waals surface area contributed by atoms with Gasteiger partial charge in [0.25, 0.3) is 0 Å². The molecule has 0 radical (unpaired) electrons. The maximum absolute atomic E-state index is 13.3. The minimum absolute atomic E-state index is 0.0218. The van der Waals surface area contributed by atoms with Crippen LogP contribution in [0.4, 0.5) is 20.4 Å². The summed E-state index contributed by atoms with van der Waals surface area (Å²) in [6.07, 6.45) is 1.95. The fourth-order valence-electron chi connectivity index (χ4n) is 2.17. The number of hydrogen-bond acceptors (Lipinski definition) is 10. The lowest BCUT2D eigenvalue weighted by Gasteiger charge is -2.06. The number of halogens is 2. The Kier molecular flexibility index (Phi) is 8.55. The van der Waals surface area contributed by atoms with E-state index in [-0.39, 0.29) is 23.7 Å². The lowest BCUT2D eigenvalue weighted by molar-refractivity contribution is -0.114. The molecule has 0 fully saturated rings. The number of aromatic nitrogens is 4. The Morgan fingerprint density at radius 2 is 1.52 bits per heavy atom. The summed E-state index contributed by atoms with van der Waals surface area (Å²) in [7, 11) is 0.